The zero-order chi connectivity index (χ0) is 22.6. The highest BCUT2D eigenvalue weighted by Gasteiger charge is 2.33. The van der Waals surface area contributed by atoms with Gasteiger partial charge in [-0.05, 0) is 24.3 Å². The van der Waals surface area contributed by atoms with Gasteiger partial charge in [-0.2, -0.15) is 13.2 Å². The number of imidazole rings is 1. The molecule has 166 valence electrons. The highest BCUT2D eigenvalue weighted by molar-refractivity contribution is 7.09. The molecule has 4 rings (SSSR count). The molecule has 0 aliphatic carbocycles. The predicted molar refractivity (Wildman–Crippen MR) is 114 cm³/mol. The topological polar surface area (TPSA) is 95.6 Å². The first-order valence-electron chi connectivity index (χ1n) is 9.78. The average molecular weight is 460 g/mol. The number of H-pyrrole nitrogens is 1. The van der Waals surface area contributed by atoms with Crippen molar-refractivity contribution in [1.29, 1.82) is 0 Å². The average Bonchev–Trinajstić information content (AvgIpc) is 3.41. The molecule has 0 aliphatic heterocycles. The van der Waals surface area contributed by atoms with Crippen LogP contribution in [0.5, 0.6) is 0 Å². The standard InChI is InChI=1S/C21H19F3N6OS/c22-21(23,24)13-4-3-8-26-16(13)10-27-20(31)17-12-32-19(30-17)7-9-25-11-18-28-14-5-1-2-6-15(14)29-18/h1-6,8,12,25H,7,9-11H2,(H,27,31)(H,28,29). The zero-order valence-electron chi connectivity index (χ0n) is 16.7. The summed E-state index contributed by atoms with van der Waals surface area (Å²) in [5.74, 6) is 0.291. The van der Waals surface area contributed by atoms with Crippen LogP contribution in [0.1, 0.15) is 32.6 Å². The Labute approximate surface area is 185 Å². The molecule has 3 heterocycles. The molecule has 11 heteroatoms. The van der Waals surface area contributed by atoms with Gasteiger partial charge in [0.25, 0.3) is 5.91 Å². The molecule has 0 aliphatic rings. The summed E-state index contributed by atoms with van der Waals surface area (Å²) in [5, 5.41) is 8.07. The summed E-state index contributed by atoms with van der Waals surface area (Å²) in [6.45, 7) is 0.869. The number of nitrogens with one attached hydrogen (secondary N) is 3. The van der Waals surface area contributed by atoms with Gasteiger partial charge < -0.3 is 15.6 Å². The normalized spacial score (nSPS) is 11.7. The Bertz CT molecular complexity index is 1190. The smallest absolute Gasteiger partial charge is 0.345 e. The van der Waals surface area contributed by atoms with Crippen LogP contribution in [0.25, 0.3) is 11.0 Å². The van der Waals surface area contributed by atoms with E-state index in [2.05, 4.69) is 30.6 Å². The van der Waals surface area contributed by atoms with Crippen molar-refractivity contribution in [2.45, 2.75) is 25.7 Å². The van der Waals surface area contributed by atoms with Crippen molar-refractivity contribution in [3.05, 3.63) is 75.8 Å². The summed E-state index contributed by atoms with van der Waals surface area (Å²) in [6.07, 6.45) is -2.66. The third kappa shape index (κ3) is 5.29. The van der Waals surface area contributed by atoms with Gasteiger partial charge in [0, 0.05) is 24.5 Å². The largest absolute Gasteiger partial charge is 0.418 e. The lowest BCUT2D eigenvalue weighted by molar-refractivity contribution is -0.138. The highest BCUT2D eigenvalue weighted by Crippen LogP contribution is 2.30. The van der Waals surface area contributed by atoms with Crippen molar-refractivity contribution in [2.24, 2.45) is 0 Å². The van der Waals surface area contributed by atoms with Crippen LogP contribution < -0.4 is 10.6 Å². The molecular weight excluding hydrogens is 441 g/mol. The first-order chi connectivity index (χ1) is 15.4. The lowest BCUT2D eigenvalue weighted by Crippen LogP contribution is -2.25. The van der Waals surface area contributed by atoms with Crippen molar-refractivity contribution in [3.8, 4) is 0 Å². The fourth-order valence-corrected chi connectivity index (χ4v) is 3.89. The Morgan fingerprint density at radius 1 is 1.09 bits per heavy atom. The van der Waals surface area contributed by atoms with Crippen molar-refractivity contribution in [2.75, 3.05) is 6.54 Å². The maximum atomic E-state index is 13.0. The van der Waals surface area contributed by atoms with E-state index < -0.39 is 17.6 Å². The van der Waals surface area contributed by atoms with Crippen molar-refractivity contribution in [3.63, 3.8) is 0 Å². The Hall–Kier alpha value is -3.31. The number of nitrogens with zero attached hydrogens (tertiary/aromatic N) is 3. The van der Waals surface area contributed by atoms with E-state index in [4.69, 9.17) is 0 Å². The van der Waals surface area contributed by atoms with E-state index in [1.54, 1.807) is 5.38 Å². The summed E-state index contributed by atoms with van der Waals surface area (Å²) in [4.78, 5) is 28.0. The lowest BCUT2D eigenvalue weighted by atomic mass is 10.2. The molecule has 0 saturated heterocycles. The number of benzene rings is 1. The van der Waals surface area contributed by atoms with Crippen molar-refractivity contribution < 1.29 is 18.0 Å². The minimum Gasteiger partial charge on any atom is -0.345 e. The van der Waals surface area contributed by atoms with Gasteiger partial charge >= 0.3 is 6.18 Å². The van der Waals surface area contributed by atoms with Crippen LogP contribution in [0, 0.1) is 0 Å². The van der Waals surface area contributed by atoms with Crippen molar-refractivity contribution >= 4 is 28.3 Å². The maximum Gasteiger partial charge on any atom is 0.418 e. The van der Waals surface area contributed by atoms with Gasteiger partial charge in [0.1, 0.15) is 11.5 Å². The molecule has 0 fully saturated rings. The molecule has 3 aromatic heterocycles. The number of aromatic nitrogens is 4. The SMILES string of the molecule is O=C(NCc1ncccc1C(F)(F)F)c1csc(CCNCc2nc3ccccc3[nH]2)n1. The number of alkyl halides is 3. The minimum atomic E-state index is -4.53. The molecule has 0 saturated carbocycles. The second-order valence-electron chi connectivity index (χ2n) is 6.93. The molecule has 3 N–H and O–H groups in total. The van der Waals surface area contributed by atoms with Crippen LogP contribution in [0.15, 0.2) is 48.0 Å². The van der Waals surface area contributed by atoms with E-state index >= 15 is 0 Å². The number of halogens is 3. The van der Waals surface area contributed by atoms with E-state index in [9.17, 15) is 18.0 Å². The van der Waals surface area contributed by atoms with Gasteiger partial charge in [0.05, 0.1) is 40.4 Å². The second kappa shape index (κ2) is 9.45. The fourth-order valence-electron chi connectivity index (χ4n) is 3.11. The number of para-hydroxylation sites is 2. The van der Waals surface area contributed by atoms with Crippen LogP contribution in [0.2, 0.25) is 0 Å². The molecule has 32 heavy (non-hydrogen) atoms. The third-order valence-electron chi connectivity index (χ3n) is 4.64. The Kier molecular flexibility index (Phi) is 6.47. The Morgan fingerprint density at radius 2 is 1.94 bits per heavy atom. The first kappa shape index (κ1) is 21.9. The monoisotopic (exact) mass is 460 g/mol. The van der Waals surface area contributed by atoms with Gasteiger partial charge in [-0.1, -0.05) is 12.1 Å². The first-order valence-corrected chi connectivity index (χ1v) is 10.7. The second-order valence-corrected chi connectivity index (χ2v) is 7.87. The molecule has 0 atom stereocenters. The summed E-state index contributed by atoms with van der Waals surface area (Å²) in [7, 11) is 0. The number of thiazole rings is 1. The number of hydrogen-bond donors (Lipinski definition) is 3. The van der Waals surface area contributed by atoms with Gasteiger partial charge in [-0.15, -0.1) is 11.3 Å². The van der Waals surface area contributed by atoms with E-state index in [0.717, 1.165) is 27.9 Å². The van der Waals surface area contributed by atoms with Crippen LogP contribution in [0.4, 0.5) is 13.2 Å². The van der Waals surface area contributed by atoms with Crippen LogP contribution in [-0.4, -0.2) is 32.4 Å². The maximum absolute atomic E-state index is 13.0. The van der Waals surface area contributed by atoms with Gasteiger partial charge in [0.15, 0.2) is 0 Å². The molecular formula is C21H19F3N6OS. The lowest BCUT2D eigenvalue weighted by Gasteiger charge is -2.11. The molecule has 1 aromatic carbocycles. The van der Waals surface area contributed by atoms with Gasteiger partial charge in [-0.25, -0.2) is 9.97 Å². The fraction of sp³-hybridized carbons (Fsp3) is 0.238. The number of carbonyl (C=O) groups excluding carboxylic acids is 1. The number of carbonyl (C=O) groups is 1. The zero-order valence-corrected chi connectivity index (χ0v) is 17.6. The molecule has 0 unspecified atom stereocenters. The van der Waals surface area contributed by atoms with E-state index in [1.165, 1.54) is 23.6 Å². The van der Waals surface area contributed by atoms with Crippen molar-refractivity contribution in [1.82, 2.24) is 30.6 Å². The Balaban J connectivity index is 1.26. The number of aromatic amines is 1. The number of amides is 1. The summed E-state index contributed by atoms with van der Waals surface area (Å²) in [6, 6.07) is 9.93. The number of hydrogen-bond acceptors (Lipinski definition) is 6. The third-order valence-corrected chi connectivity index (χ3v) is 5.55. The predicted octanol–water partition coefficient (Wildman–Crippen LogP) is 3.70. The summed E-state index contributed by atoms with van der Waals surface area (Å²) in [5.41, 5.74) is 0.959. The van der Waals surface area contributed by atoms with E-state index in [0.29, 0.717) is 19.5 Å². The summed E-state index contributed by atoms with van der Waals surface area (Å²) >= 11 is 1.33. The molecule has 0 bridgehead atoms. The van der Waals surface area contributed by atoms with E-state index in [-0.39, 0.29) is 17.9 Å². The highest BCUT2D eigenvalue weighted by atomic mass is 32.1. The number of fused-ring (bicyclic) bond motifs is 1. The number of pyridine rings is 1. The molecule has 0 spiro atoms. The Morgan fingerprint density at radius 3 is 2.75 bits per heavy atom. The van der Waals surface area contributed by atoms with Crippen LogP contribution in [0.3, 0.4) is 0 Å². The molecule has 0 radical (unpaired) electrons. The summed E-state index contributed by atoms with van der Waals surface area (Å²) < 4.78 is 39.1. The van der Waals surface area contributed by atoms with Gasteiger partial charge in [0.2, 0.25) is 0 Å². The quantitative estimate of drug-likeness (QED) is 0.349. The number of rotatable bonds is 8. The molecule has 1 amide bonds. The molecule has 4 aromatic rings. The van der Waals surface area contributed by atoms with Crippen LogP contribution >= 0.6 is 11.3 Å². The minimum absolute atomic E-state index is 0.173. The van der Waals surface area contributed by atoms with Gasteiger partial charge in [-0.3, -0.25) is 9.78 Å². The van der Waals surface area contributed by atoms with E-state index in [1.807, 2.05) is 24.3 Å². The molecule has 7 nitrogen and oxygen atoms in total. The van der Waals surface area contributed by atoms with Crippen LogP contribution in [-0.2, 0) is 25.7 Å².